The van der Waals surface area contributed by atoms with Gasteiger partial charge in [-0.05, 0) is 49.4 Å². The van der Waals surface area contributed by atoms with Gasteiger partial charge in [-0.25, -0.2) is 0 Å². The van der Waals surface area contributed by atoms with Crippen molar-refractivity contribution >= 4 is 39.1 Å². The number of amides is 1. The molecule has 0 bridgehead atoms. The van der Waals surface area contributed by atoms with Crippen LogP contribution in [0.5, 0.6) is 0 Å². The normalized spacial score (nSPS) is 12.2. The molecule has 36 heavy (non-hydrogen) atoms. The molecule has 7 nitrogen and oxygen atoms in total. The van der Waals surface area contributed by atoms with Crippen LogP contribution < -0.4 is 10.7 Å². The lowest BCUT2D eigenvalue weighted by Crippen LogP contribution is -2.29. The van der Waals surface area contributed by atoms with Crippen molar-refractivity contribution in [3.05, 3.63) is 97.9 Å². The van der Waals surface area contributed by atoms with Gasteiger partial charge in [0.2, 0.25) is 5.43 Å². The first-order chi connectivity index (χ1) is 17.4. The Morgan fingerprint density at radius 1 is 1.25 bits per heavy atom. The molecule has 2 N–H and O–H groups in total. The second kappa shape index (κ2) is 11.8. The molecule has 9 heteroatoms. The van der Waals surface area contributed by atoms with Crippen LogP contribution in [0.3, 0.4) is 0 Å². The number of carbonyl (C=O) groups is 1. The minimum Gasteiger partial charge on any atom is -0.385 e. The third kappa shape index (κ3) is 6.20. The third-order valence-electron chi connectivity index (χ3n) is 5.81. The summed E-state index contributed by atoms with van der Waals surface area (Å²) < 4.78 is 1.99. The van der Waals surface area contributed by atoms with Gasteiger partial charge in [-0.3, -0.25) is 19.5 Å². The summed E-state index contributed by atoms with van der Waals surface area (Å²) in [5.74, 6) is -0.398. The summed E-state index contributed by atoms with van der Waals surface area (Å²) in [6.45, 7) is 4.03. The molecular weight excluding hydrogens is 496 g/mol. The molecule has 0 saturated heterocycles. The van der Waals surface area contributed by atoms with Crippen molar-refractivity contribution in [1.29, 1.82) is 0 Å². The van der Waals surface area contributed by atoms with Gasteiger partial charge in [0.25, 0.3) is 5.91 Å². The number of aryl methyl sites for hydroxylation is 1. The second-order valence-electron chi connectivity index (χ2n) is 8.77. The molecule has 1 amide bonds. The highest BCUT2D eigenvalue weighted by Gasteiger charge is 2.19. The quantitative estimate of drug-likeness (QED) is 0.316. The van der Waals surface area contributed by atoms with Crippen LogP contribution >= 0.6 is 22.9 Å². The second-order valence-corrected chi connectivity index (χ2v) is 10.3. The van der Waals surface area contributed by atoms with Crippen LogP contribution in [0, 0.1) is 0 Å². The molecule has 188 valence electrons. The molecular formula is C27H29ClN4O3S. The Balaban J connectivity index is 1.54. The van der Waals surface area contributed by atoms with Crippen LogP contribution in [0.25, 0.3) is 10.2 Å². The third-order valence-corrected chi connectivity index (χ3v) is 7.22. The molecule has 0 aliphatic rings. The number of halogens is 1. The topological polar surface area (TPSA) is 87.5 Å². The molecule has 3 aromatic heterocycles. The van der Waals surface area contributed by atoms with E-state index in [1.54, 1.807) is 41.9 Å². The number of rotatable bonds is 10. The van der Waals surface area contributed by atoms with E-state index in [9.17, 15) is 14.7 Å². The molecule has 3 heterocycles. The molecule has 0 radical (unpaired) electrons. The molecule has 1 aromatic carbocycles. The maximum atomic E-state index is 13.3. The maximum absolute atomic E-state index is 13.3. The van der Waals surface area contributed by atoms with Crippen molar-refractivity contribution in [2.75, 3.05) is 13.6 Å². The van der Waals surface area contributed by atoms with Gasteiger partial charge in [0.1, 0.15) is 16.5 Å². The van der Waals surface area contributed by atoms with Crippen LogP contribution in [0.1, 0.15) is 45.9 Å². The number of thiophene rings is 1. The minimum absolute atomic E-state index is 0.133. The smallest absolute Gasteiger partial charge is 0.257 e. The fraction of sp³-hybridized carbons (Fsp3) is 0.296. The van der Waals surface area contributed by atoms with Gasteiger partial charge in [0.15, 0.2) is 0 Å². The summed E-state index contributed by atoms with van der Waals surface area (Å²) in [6.07, 6.45) is 3.49. The zero-order chi connectivity index (χ0) is 25.7. The maximum Gasteiger partial charge on any atom is 0.257 e. The lowest BCUT2D eigenvalue weighted by molar-refractivity contribution is 0.0949. The molecule has 0 aliphatic carbocycles. The van der Waals surface area contributed by atoms with E-state index in [1.165, 1.54) is 0 Å². The molecule has 0 aliphatic heterocycles. The van der Waals surface area contributed by atoms with Crippen molar-refractivity contribution in [3.8, 4) is 0 Å². The monoisotopic (exact) mass is 524 g/mol. The fourth-order valence-corrected chi connectivity index (χ4v) is 5.40. The average molecular weight is 525 g/mol. The van der Waals surface area contributed by atoms with Crippen LogP contribution in [0.2, 0.25) is 5.02 Å². The Morgan fingerprint density at radius 2 is 2.03 bits per heavy atom. The van der Waals surface area contributed by atoms with E-state index in [4.69, 9.17) is 11.6 Å². The van der Waals surface area contributed by atoms with Gasteiger partial charge in [0, 0.05) is 48.5 Å². The highest BCUT2D eigenvalue weighted by atomic mass is 35.5. The Labute approximate surface area is 219 Å². The summed E-state index contributed by atoms with van der Waals surface area (Å²) >= 11 is 7.47. The predicted molar refractivity (Wildman–Crippen MR) is 145 cm³/mol. The summed E-state index contributed by atoms with van der Waals surface area (Å²) in [7, 11) is 1.92. The zero-order valence-corrected chi connectivity index (χ0v) is 21.9. The van der Waals surface area contributed by atoms with Crippen LogP contribution in [0.4, 0.5) is 0 Å². The first-order valence-electron chi connectivity index (χ1n) is 11.8. The van der Waals surface area contributed by atoms with E-state index in [0.717, 1.165) is 21.7 Å². The number of pyridine rings is 2. The van der Waals surface area contributed by atoms with Crippen molar-refractivity contribution in [2.45, 2.75) is 39.1 Å². The molecule has 4 rings (SSSR count). The highest BCUT2D eigenvalue weighted by molar-refractivity contribution is 7.18. The Bertz CT molecular complexity index is 1390. The molecule has 1 atom stereocenters. The number of aromatic nitrogens is 2. The van der Waals surface area contributed by atoms with Crippen LogP contribution in [0.15, 0.2) is 65.7 Å². The van der Waals surface area contributed by atoms with E-state index >= 15 is 0 Å². The van der Waals surface area contributed by atoms with Crippen molar-refractivity contribution in [2.24, 2.45) is 0 Å². The number of likely N-dealkylation sites (N-methyl/N-ethyl adjacent to an activating group) is 1. The number of aliphatic hydroxyl groups is 1. The predicted octanol–water partition coefficient (Wildman–Crippen LogP) is 4.62. The summed E-state index contributed by atoms with van der Waals surface area (Å²) in [5, 5.41) is 14.5. The van der Waals surface area contributed by atoms with Gasteiger partial charge in [-0.1, -0.05) is 36.7 Å². The molecule has 0 fully saturated rings. The lowest BCUT2D eigenvalue weighted by atomic mass is 10.1. The van der Waals surface area contributed by atoms with E-state index in [2.05, 4.69) is 17.2 Å². The van der Waals surface area contributed by atoms with E-state index in [0.29, 0.717) is 42.3 Å². The van der Waals surface area contributed by atoms with Gasteiger partial charge in [0.05, 0.1) is 11.1 Å². The number of hydrogen-bond acceptors (Lipinski definition) is 6. The Morgan fingerprint density at radius 3 is 2.72 bits per heavy atom. The van der Waals surface area contributed by atoms with Crippen LogP contribution in [-0.4, -0.2) is 39.1 Å². The molecule has 1 unspecified atom stereocenters. The minimum atomic E-state index is -0.707. The largest absolute Gasteiger partial charge is 0.385 e. The first kappa shape index (κ1) is 26.0. The van der Waals surface area contributed by atoms with Crippen molar-refractivity contribution in [1.82, 2.24) is 19.8 Å². The number of nitrogens with zero attached hydrogens (tertiary/aromatic N) is 3. The van der Waals surface area contributed by atoms with E-state index in [1.807, 2.05) is 46.8 Å². The summed E-state index contributed by atoms with van der Waals surface area (Å²) in [6, 6.07) is 14.5. The zero-order valence-electron chi connectivity index (χ0n) is 20.3. The summed E-state index contributed by atoms with van der Waals surface area (Å²) in [4.78, 5) is 34.3. The average Bonchev–Trinajstić information content (AvgIpc) is 3.30. The number of carbonyl (C=O) groups excluding carboxylic acids is 1. The van der Waals surface area contributed by atoms with Gasteiger partial charge >= 0.3 is 0 Å². The van der Waals surface area contributed by atoms with Gasteiger partial charge < -0.3 is 15.0 Å². The van der Waals surface area contributed by atoms with Gasteiger partial charge in [-0.15, -0.1) is 11.3 Å². The van der Waals surface area contributed by atoms with Crippen molar-refractivity contribution < 1.29 is 9.90 Å². The highest BCUT2D eigenvalue weighted by Crippen LogP contribution is 2.26. The number of fused-ring (bicyclic) bond motifs is 1. The van der Waals surface area contributed by atoms with Gasteiger partial charge in [-0.2, -0.15) is 0 Å². The number of nitrogens with one attached hydrogen (secondary N) is 1. The van der Waals surface area contributed by atoms with Crippen molar-refractivity contribution in [3.63, 3.8) is 0 Å². The molecule has 4 aromatic rings. The molecule has 0 spiro atoms. The van der Waals surface area contributed by atoms with Crippen LogP contribution in [-0.2, 0) is 19.6 Å². The number of benzene rings is 1. The van der Waals surface area contributed by atoms with E-state index in [-0.39, 0.29) is 11.0 Å². The number of hydrogen-bond donors (Lipinski definition) is 2. The summed E-state index contributed by atoms with van der Waals surface area (Å²) in [5.41, 5.74) is 1.38. The fourth-order valence-electron chi connectivity index (χ4n) is 4.04. The lowest BCUT2D eigenvalue weighted by Gasteiger charge is -2.19. The SMILES string of the molecule is CCCn1cc(C(=O)NCc2ccc(Cl)cc2)c(=O)c2cc(CN(C)CC(O)c3ccccn3)sc21. The molecule has 0 saturated carbocycles. The Hall–Kier alpha value is -3.04. The Kier molecular flexibility index (Phi) is 8.53. The first-order valence-corrected chi connectivity index (χ1v) is 13.0. The standard InChI is InChI=1S/C27H29ClN4O3S/c1-3-12-32-16-22(26(35)30-14-18-7-9-19(28)10-8-18)25(34)21-13-20(36-27(21)32)15-31(2)17-24(33)23-6-4-5-11-29-23/h4-11,13,16,24,33H,3,12,14-15,17H2,1-2H3,(H,30,35). The number of aliphatic hydroxyl groups excluding tert-OH is 1. The van der Waals surface area contributed by atoms with E-state index < -0.39 is 12.0 Å².